The topological polar surface area (TPSA) is 38.0 Å². The second kappa shape index (κ2) is 5.82. The van der Waals surface area contributed by atoms with Crippen LogP contribution in [-0.2, 0) is 25.5 Å². The zero-order valence-electron chi connectivity index (χ0n) is 13.4. The first-order valence-corrected chi connectivity index (χ1v) is 7.64. The number of rotatable bonds is 4. The molecule has 0 saturated heterocycles. The second-order valence-electron chi connectivity index (χ2n) is 5.93. The molecular weight excluding hydrogens is 284 g/mol. The highest BCUT2D eigenvalue weighted by molar-refractivity contribution is 6.31. The number of nitrogens with zero attached hydrogens (tertiary/aromatic N) is 2. The quantitative estimate of drug-likeness (QED) is 0.935. The molecule has 0 saturated carbocycles. The summed E-state index contributed by atoms with van der Waals surface area (Å²) in [7, 11) is 1.87. The van der Waals surface area contributed by atoms with E-state index in [0.29, 0.717) is 11.4 Å². The second-order valence-corrected chi connectivity index (χ2v) is 6.31. The van der Waals surface area contributed by atoms with E-state index in [1.807, 2.05) is 39.1 Å². The maximum absolute atomic E-state index is 10.9. The monoisotopic (exact) mass is 306 g/mol. The maximum Gasteiger partial charge on any atom is 0.0924 e. The van der Waals surface area contributed by atoms with Gasteiger partial charge in [0.1, 0.15) is 0 Å². The number of hydrogen-bond acceptors (Lipinski definition) is 2. The summed E-state index contributed by atoms with van der Waals surface area (Å²) in [5, 5.41) is 16.0. The lowest BCUT2D eigenvalue weighted by Crippen LogP contribution is -2.26. The number of aliphatic hydroxyl groups is 1. The molecule has 1 aromatic heterocycles. The van der Waals surface area contributed by atoms with Crippen LogP contribution in [0.15, 0.2) is 18.2 Å². The molecule has 0 fully saturated rings. The van der Waals surface area contributed by atoms with Crippen LogP contribution in [0.5, 0.6) is 0 Å². The van der Waals surface area contributed by atoms with Crippen molar-refractivity contribution >= 4 is 11.6 Å². The Labute approximate surface area is 131 Å². The molecule has 1 aromatic carbocycles. The molecule has 1 heterocycles. The van der Waals surface area contributed by atoms with E-state index in [9.17, 15) is 5.11 Å². The van der Waals surface area contributed by atoms with Crippen molar-refractivity contribution in [2.24, 2.45) is 7.05 Å². The van der Waals surface area contributed by atoms with Gasteiger partial charge in [0.25, 0.3) is 0 Å². The van der Waals surface area contributed by atoms with E-state index in [1.165, 1.54) is 11.1 Å². The lowest BCUT2D eigenvalue weighted by molar-refractivity contribution is 0.0555. The van der Waals surface area contributed by atoms with E-state index in [1.54, 1.807) is 4.68 Å². The van der Waals surface area contributed by atoms with Gasteiger partial charge in [-0.3, -0.25) is 4.68 Å². The summed E-state index contributed by atoms with van der Waals surface area (Å²) in [5.41, 5.74) is 4.09. The molecule has 2 rings (SSSR count). The minimum atomic E-state index is -0.971. The Morgan fingerprint density at radius 1 is 1.29 bits per heavy atom. The van der Waals surface area contributed by atoms with Crippen LogP contribution in [0.3, 0.4) is 0 Å². The third-order valence-electron chi connectivity index (χ3n) is 4.14. The molecule has 1 unspecified atom stereocenters. The normalized spacial score (nSPS) is 14.2. The number of aromatic nitrogens is 2. The molecule has 2 aromatic rings. The summed E-state index contributed by atoms with van der Waals surface area (Å²) in [6.45, 7) is 7.98. The lowest BCUT2D eigenvalue weighted by atomic mass is 9.89. The summed E-state index contributed by atoms with van der Waals surface area (Å²) in [5.74, 6) is 0. The smallest absolute Gasteiger partial charge is 0.0924 e. The highest BCUT2D eigenvalue weighted by Crippen LogP contribution is 2.31. The molecule has 0 radical (unpaired) electrons. The average molecular weight is 307 g/mol. The van der Waals surface area contributed by atoms with Crippen molar-refractivity contribution in [1.82, 2.24) is 9.78 Å². The van der Waals surface area contributed by atoms with E-state index in [-0.39, 0.29) is 0 Å². The van der Waals surface area contributed by atoms with Crippen molar-refractivity contribution in [3.05, 3.63) is 51.3 Å². The van der Waals surface area contributed by atoms with Crippen molar-refractivity contribution < 1.29 is 5.11 Å². The molecule has 114 valence electrons. The van der Waals surface area contributed by atoms with Crippen LogP contribution in [0.2, 0.25) is 5.02 Å². The van der Waals surface area contributed by atoms with E-state index in [4.69, 9.17) is 11.6 Å². The molecule has 0 amide bonds. The fourth-order valence-electron chi connectivity index (χ4n) is 2.52. The fourth-order valence-corrected chi connectivity index (χ4v) is 2.88. The van der Waals surface area contributed by atoms with E-state index in [0.717, 1.165) is 23.4 Å². The third kappa shape index (κ3) is 3.14. The summed E-state index contributed by atoms with van der Waals surface area (Å²) >= 11 is 6.39. The first kappa shape index (κ1) is 16.1. The Morgan fingerprint density at radius 2 is 1.95 bits per heavy atom. The summed E-state index contributed by atoms with van der Waals surface area (Å²) in [6.07, 6.45) is 1.23. The Morgan fingerprint density at radius 3 is 2.48 bits per heavy atom. The molecule has 0 aliphatic carbocycles. The van der Waals surface area contributed by atoms with Crippen LogP contribution in [0.4, 0.5) is 0 Å². The Balaban J connectivity index is 2.37. The summed E-state index contributed by atoms with van der Waals surface area (Å²) < 4.78 is 1.77. The largest absolute Gasteiger partial charge is 0.385 e. The van der Waals surface area contributed by atoms with Gasteiger partial charge in [-0.05, 0) is 43.9 Å². The third-order valence-corrected chi connectivity index (χ3v) is 4.58. The van der Waals surface area contributed by atoms with Crippen molar-refractivity contribution in [1.29, 1.82) is 0 Å². The molecule has 0 aliphatic heterocycles. The predicted molar refractivity (Wildman–Crippen MR) is 86.8 cm³/mol. The minimum absolute atomic E-state index is 0.442. The molecule has 0 bridgehead atoms. The van der Waals surface area contributed by atoms with Crippen LogP contribution >= 0.6 is 11.6 Å². The van der Waals surface area contributed by atoms with E-state index >= 15 is 0 Å². The molecule has 3 nitrogen and oxygen atoms in total. The molecule has 1 N–H and O–H groups in total. The van der Waals surface area contributed by atoms with Crippen molar-refractivity contribution in [2.45, 2.75) is 46.1 Å². The first-order valence-electron chi connectivity index (χ1n) is 7.26. The highest BCUT2D eigenvalue weighted by atomic mass is 35.5. The minimum Gasteiger partial charge on any atom is -0.385 e. The van der Waals surface area contributed by atoms with Crippen molar-refractivity contribution in [2.75, 3.05) is 0 Å². The van der Waals surface area contributed by atoms with Crippen molar-refractivity contribution in [3.8, 4) is 0 Å². The number of aryl methyl sites for hydroxylation is 4. The van der Waals surface area contributed by atoms with Gasteiger partial charge in [0.15, 0.2) is 0 Å². The number of benzene rings is 1. The van der Waals surface area contributed by atoms with E-state index < -0.39 is 5.60 Å². The molecule has 0 aliphatic rings. The summed E-state index contributed by atoms with van der Waals surface area (Å²) in [4.78, 5) is 0. The molecule has 0 spiro atoms. The van der Waals surface area contributed by atoms with Gasteiger partial charge in [-0.15, -0.1) is 0 Å². The van der Waals surface area contributed by atoms with Crippen LogP contribution in [0.25, 0.3) is 0 Å². The van der Waals surface area contributed by atoms with Crippen LogP contribution < -0.4 is 0 Å². The fraction of sp³-hybridized carbons (Fsp3) is 0.471. The molecule has 1 atom stereocenters. The van der Waals surface area contributed by atoms with Gasteiger partial charge in [0.05, 0.1) is 22.0 Å². The van der Waals surface area contributed by atoms with Gasteiger partial charge in [0.2, 0.25) is 0 Å². The van der Waals surface area contributed by atoms with Crippen molar-refractivity contribution in [3.63, 3.8) is 0 Å². The number of halogens is 1. The van der Waals surface area contributed by atoms with Gasteiger partial charge in [0, 0.05) is 13.5 Å². The average Bonchev–Trinajstić information content (AvgIpc) is 2.69. The van der Waals surface area contributed by atoms with Gasteiger partial charge >= 0.3 is 0 Å². The first-order chi connectivity index (χ1) is 9.76. The summed E-state index contributed by atoms with van der Waals surface area (Å²) in [6, 6.07) is 6.06. The molecule has 21 heavy (non-hydrogen) atoms. The Kier molecular flexibility index (Phi) is 4.45. The van der Waals surface area contributed by atoms with E-state index in [2.05, 4.69) is 18.9 Å². The number of hydrogen-bond donors (Lipinski definition) is 1. The van der Waals surface area contributed by atoms with Gasteiger partial charge in [-0.2, -0.15) is 5.10 Å². The van der Waals surface area contributed by atoms with Gasteiger partial charge < -0.3 is 5.11 Å². The van der Waals surface area contributed by atoms with Gasteiger partial charge in [-0.1, -0.05) is 36.7 Å². The highest BCUT2D eigenvalue weighted by Gasteiger charge is 2.27. The predicted octanol–water partition coefficient (Wildman–Crippen LogP) is 3.70. The Hall–Kier alpha value is -1.32. The standard InChI is InChI=1S/C17H23ClN2O/c1-6-14-16(18)15(20(5)19-14)10-17(4,21)13-8-7-11(2)12(3)9-13/h7-9,21H,6,10H2,1-5H3. The molecule has 4 heteroatoms. The molecular formula is C17H23ClN2O. The lowest BCUT2D eigenvalue weighted by Gasteiger charge is -2.25. The van der Waals surface area contributed by atoms with Gasteiger partial charge in [-0.25, -0.2) is 0 Å². The zero-order chi connectivity index (χ0) is 15.8. The van der Waals surface area contributed by atoms with Crippen LogP contribution in [0.1, 0.15) is 41.9 Å². The van der Waals surface area contributed by atoms with Crippen LogP contribution in [0, 0.1) is 13.8 Å². The Bertz CT molecular complexity index is 659. The maximum atomic E-state index is 10.9. The van der Waals surface area contributed by atoms with Crippen LogP contribution in [-0.4, -0.2) is 14.9 Å². The zero-order valence-corrected chi connectivity index (χ0v) is 14.1. The SMILES string of the molecule is CCc1nn(C)c(CC(C)(O)c2ccc(C)c(C)c2)c1Cl.